The molecule has 1 aromatic carbocycles. The molecule has 0 aliphatic heterocycles. The van der Waals surface area contributed by atoms with Crippen molar-refractivity contribution in [1.29, 1.82) is 0 Å². The van der Waals surface area contributed by atoms with Crippen LogP contribution in [0.5, 0.6) is 5.75 Å². The topological polar surface area (TPSA) is 59.9 Å². The van der Waals surface area contributed by atoms with Crippen molar-refractivity contribution in [1.82, 2.24) is 0 Å². The number of anilines is 1. The number of carbonyl (C=O) groups is 1. The van der Waals surface area contributed by atoms with Crippen molar-refractivity contribution in [3.05, 3.63) is 24.3 Å². The number of hydrogen-bond acceptors (Lipinski definition) is 5. The predicted octanol–water partition coefficient (Wildman–Crippen LogP) is 2.94. The molecule has 0 saturated carbocycles. The number of alkyl halides is 3. The molecular formula is C12H13F3N2O3. The van der Waals surface area contributed by atoms with Crippen LogP contribution in [0.15, 0.2) is 29.4 Å². The lowest BCUT2D eigenvalue weighted by molar-refractivity contribution is -0.274. The number of halogens is 3. The first-order valence-corrected chi connectivity index (χ1v) is 5.65. The van der Waals surface area contributed by atoms with Gasteiger partial charge >= 0.3 is 12.3 Å². The lowest BCUT2D eigenvalue weighted by Gasteiger charge is -2.09. The number of hydrogen-bond donors (Lipinski definition) is 1. The van der Waals surface area contributed by atoms with Crippen molar-refractivity contribution >= 4 is 17.4 Å². The van der Waals surface area contributed by atoms with Crippen molar-refractivity contribution in [2.75, 3.05) is 12.0 Å². The lowest BCUT2D eigenvalue weighted by atomic mass is 10.3. The minimum Gasteiger partial charge on any atom is -0.461 e. The molecule has 0 heterocycles. The number of esters is 1. The third kappa shape index (κ3) is 5.59. The second-order valence-electron chi connectivity index (χ2n) is 3.61. The van der Waals surface area contributed by atoms with Gasteiger partial charge in [0.05, 0.1) is 12.3 Å². The van der Waals surface area contributed by atoms with Crippen molar-refractivity contribution in [3.8, 4) is 5.75 Å². The summed E-state index contributed by atoms with van der Waals surface area (Å²) in [5, 5.41) is 3.71. The van der Waals surface area contributed by atoms with Gasteiger partial charge in [-0.15, -0.1) is 13.2 Å². The highest BCUT2D eigenvalue weighted by molar-refractivity contribution is 6.35. The van der Waals surface area contributed by atoms with Gasteiger partial charge in [-0.1, -0.05) is 6.07 Å². The summed E-state index contributed by atoms with van der Waals surface area (Å²) in [5.74, 6) is -0.991. The summed E-state index contributed by atoms with van der Waals surface area (Å²) in [7, 11) is 0. The molecule has 1 aromatic rings. The van der Waals surface area contributed by atoms with E-state index in [0.717, 1.165) is 12.1 Å². The number of hydrazone groups is 1. The Bertz CT molecular complexity index is 501. The highest BCUT2D eigenvalue weighted by atomic mass is 19.4. The second kappa shape index (κ2) is 6.78. The Morgan fingerprint density at radius 2 is 2.10 bits per heavy atom. The van der Waals surface area contributed by atoms with Gasteiger partial charge in [0, 0.05) is 6.07 Å². The summed E-state index contributed by atoms with van der Waals surface area (Å²) < 4.78 is 44.6. The molecule has 110 valence electrons. The van der Waals surface area contributed by atoms with Gasteiger partial charge in [-0.2, -0.15) is 5.10 Å². The van der Waals surface area contributed by atoms with Crippen LogP contribution in [-0.4, -0.2) is 24.7 Å². The summed E-state index contributed by atoms with van der Waals surface area (Å²) in [6, 6.07) is 5.10. The first kappa shape index (κ1) is 15.8. The molecule has 0 amide bonds. The van der Waals surface area contributed by atoms with Crippen LogP contribution in [0.1, 0.15) is 13.8 Å². The molecule has 0 radical (unpaired) electrons. The number of nitrogens with one attached hydrogen (secondary N) is 1. The number of carbonyl (C=O) groups excluding carboxylic acids is 1. The summed E-state index contributed by atoms with van der Waals surface area (Å²) in [6.07, 6.45) is -4.76. The van der Waals surface area contributed by atoms with E-state index in [0.29, 0.717) is 0 Å². The normalized spacial score (nSPS) is 11.9. The zero-order chi connectivity index (χ0) is 15.2. The first-order valence-electron chi connectivity index (χ1n) is 5.65. The minimum absolute atomic E-state index is 0.0500. The van der Waals surface area contributed by atoms with Crippen LogP contribution in [0.2, 0.25) is 0 Å². The van der Waals surface area contributed by atoms with Gasteiger partial charge in [0.1, 0.15) is 11.5 Å². The SMILES string of the molecule is CCOC(=O)C(C)=NNc1cccc(OC(F)(F)F)c1. The molecule has 0 aliphatic rings. The van der Waals surface area contributed by atoms with Gasteiger partial charge < -0.3 is 9.47 Å². The molecule has 0 unspecified atom stereocenters. The second-order valence-corrected chi connectivity index (χ2v) is 3.61. The van der Waals surface area contributed by atoms with Crippen LogP contribution < -0.4 is 10.2 Å². The van der Waals surface area contributed by atoms with E-state index in [1.54, 1.807) is 6.92 Å². The molecule has 20 heavy (non-hydrogen) atoms. The zero-order valence-electron chi connectivity index (χ0n) is 10.8. The van der Waals surface area contributed by atoms with Crippen LogP contribution in [0.4, 0.5) is 18.9 Å². The van der Waals surface area contributed by atoms with Gasteiger partial charge in [-0.05, 0) is 26.0 Å². The van der Waals surface area contributed by atoms with E-state index in [9.17, 15) is 18.0 Å². The Labute approximate surface area is 113 Å². The highest BCUT2D eigenvalue weighted by Gasteiger charge is 2.31. The average molecular weight is 290 g/mol. The predicted molar refractivity (Wildman–Crippen MR) is 66.5 cm³/mol. The van der Waals surface area contributed by atoms with Crippen LogP contribution in [0.25, 0.3) is 0 Å². The van der Waals surface area contributed by atoms with E-state index in [-0.39, 0.29) is 23.8 Å². The Hall–Kier alpha value is -2.25. The third-order valence-electron chi connectivity index (χ3n) is 1.99. The quantitative estimate of drug-likeness (QED) is 0.514. The fourth-order valence-corrected chi connectivity index (χ4v) is 1.19. The molecule has 0 aromatic heterocycles. The Morgan fingerprint density at radius 1 is 1.40 bits per heavy atom. The Morgan fingerprint density at radius 3 is 2.70 bits per heavy atom. The smallest absolute Gasteiger partial charge is 0.461 e. The molecule has 1 rings (SSSR count). The molecule has 1 N–H and O–H groups in total. The van der Waals surface area contributed by atoms with Gasteiger partial charge in [0.2, 0.25) is 0 Å². The maximum absolute atomic E-state index is 12.0. The lowest BCUT2D eigenvalue weighted by Crippen LogP contribution is -2.17. The molecule has 0 spiro atoms. The van der Waals surface area contributed by atoms with Crippen molar-refractivity contribution in [3.63, 3.8) is 0 Å². The Balaban J connectivity index is 2.71. The third-order valence-corrected chi connectivity index (χ3v) is 1.99. The van der Waals surface area contributed by atoms with Crippen molar-refractivity contribution in [2.24, 2.45) is 5.10 Å². The highest BCUT2D eigenvalue weighted by Crippen LogP contribution is 2.24. The molecular weight excluding hydrogens is 277 g/mol. The van der Waals surface area contributed by atoms with Crippen molar-refractivity contribution < 1.29 is 27.4 Å². The van der Waals surface area contributed by atoms with Crippen LogP contribution in [0.3, 0.4) is 0 Å². The standard InChI is InChI=1S/C12H13F3N2O3/c1-3-19-11(18)8(2)16-17-9-5-4-6-10(7-9)20-12(13,14)15/h4-7,17H,3H2,1-2H3. The molecule has 0 atom stereocenters. The zero-order valence-corrected chi connectivity index (χ0v) is 10.8. The fourth-order valence-electron chi connectivity index (χ4n) is 1.19. The van der Waals surface area contributed by atoms with Crippen molar-refractivity contribution in [2.45, 2.75) is 20.2 Å². The number of nitrogens with zero attached hydrogens (tertiary/aromatic N) is 1. The minimum atomic E-state index is -4.76. The summed E-state index contributed by atoms with van der Waals surface area (Å²) in [5.41, 5.74) is 2.75. The number of benzene rings is 1. The number of rotatable bonds is 5. The summed E-state index contributed by atoms with van der Waals surface area (Å²) in [4.78, 5) is 11.3. The summed E-state index contributed by atoms with van der Waals surface area (Å²) in [6.45, 7) is 3.28. The molecule has 8 heteroatoms. The molecule has 0 aliphatic carbocycles. The molecule has 0 fully saturated rings. The largest absolute Gasteiger partial charge is 0.573 e. The van der Waals surface area contributed by atoms with Crippen LogP contribution in [0, 0.1) is 0 Å². The fraction of sp³-hybridized carbons (Fsp3) is 0.333. The maximum atomic E-state index is 12.0. The van der Waals surface area contributed by atoms with E-state index in [2.05, 4.69) is 15.3 Å². The summed E-state index contributed by atoms with van der Waals surface area (Å²) >= 11 is 0. The van der Waals surface area contributed by atoms with E-state index in [1.807, 2.05) is 0 Å². The molecule has 0 bridgehead atoms. The van der Waals surface area contributed by atoms with E-state index in [4.69, 9.17) is 4.74 Å². The Kier molecular flexibility index (Phi) is 5.36. The number of ether oxygens (including phenoxy) is 2. The van der Waals surface area contributed by atoms with Gasteiger partial charge in [-0.3, -0.25) is 5.43 Å². The molecule has 0 saturated heterocycles. The molecule has 5 nitrogen and oxygen atoms in total. The van der Waals surface area contributed by atoms with E-state index < -0.39 is 12.3 Å². The van der Waals surface area contributed by atoms with Gasteiger partial charge in [0.15, 0.2) is 0 Å². The van der Waals surface area contributed by atoms with E-state index in [1.165, 1.54) is 19.1 Å². The average Bonchev–Trinajstić information content (AvgIpc) is 2.34. The monoisotopic (exact) mass is 290 g/mol. The van der Waals surface area contributed by atoms with Crippen LogP contribution >= 0.6 is 0 Å². The van der Waals surface area contributed by atoms with Gasteiger partial charge in [0.25, 0.3) is 0 Å². The van der Waals surface area contributed by atoms with E-state index >= 15 is 0 Å². The maximum Gasteiger partial charge on any atom is 0.573 e. The van der Waals surface area contributed by atoms with Crippen LogP contribution in [-0.2, 0) is 9.53 Å². The first-order chi connectivity index (χ1) is 9.31. The van der Waals surface area contributed by atoms with Gasteiger partial charge in [-0.25, -0.2) is 4.79 Å².